The molecule has 0 aliphatic rings. The Morgan fingerprint density at radius 3 is 2.94 bits per heavy atom. The van der Waals surface area contributed by atoms with Gasteiger partial charge in [0.25, 0.3) is 0 Å². The monoisotopic (exact) mass is 260 g/mol. The molecule has 0 aliphatic heterocycles. The zero-order valence-electron chi connectivity index (χ0n) is 8.46. The van der Waals surface area contributed by atoms with E-state index in [1.165, 1.54) is 11.3 Å². The molecule has 4 nitrogen and oxygen atoms in total. The van der Waals surface area contributed by atoms with E-state index >= 15 is 0 Å². The predicted octanol–water partition coefficient (Wildman–Crippen LogP) is 2.98. The smallest absolute Gasteiger partial charge is 0.179 e. The summed E-state index contributed by atoms with van der Waals surface area (Å²) >= 11 is 7.58. The van der Waals surface area contributed by atoms with E-state index in [0.29, 0.717) is 22.1 Å². The first-order valence-corrected chi connectivity index (χ1v) is 6.03. The lowest BCUT2D eigenvalue weighted by atomic mass is 10.3. The van der Waals surface area contributed by atoms with Gasteiger partial charge in [0.1, 0.15) is 0 Å². The van der Waals surface area contributed by atoms with E-state index in [1.807, 2.05) is 15.8 Å². The third-order valence-electron chi connectivity index (χ3n) is 2.36. The van der Waals surface area contributed by atoms with Crippen LogP contribution in [0.15, 0.2) is 29.8 Å². The minimum atomic E-state index is 0.564. The van der Waals surface area contributed by atoms with Gasteiger partial charge in [0.15, 0.2) is 11.5 Å². The third-order valence-corrected chi connectivity index (χ3v) is 3.70. The molecule has 3 heterocycles. The predicted molar refractivity (Wildman–Crippen MR) is 66.0 cm³/mol. The number of thiophene rings is 1. The van der Waals surface area contributed by atoms with Crippen molar-refractivity contribution < 1.29 is 0 Å². The maximum Gasteiger partial charge on any atom is 0.179 e. The van der Waals surface area contributed by atoms with Gasteiger partial charge >= 0.3 is 0 Å². The molecule has 0 bridgehead atoms. The Balaban J connectivity index is 2.27. The third kappa shape index (κ3) is 1.58. The standard InChI is InChI=1S/C11H5ClN4S/c12-8-2-4-17-10(8)11-15-14-9-5-7(6-13)1-3-16(9)11/h1-5H. The van der Waals surface area contributed by atoms with Crippen molar-refractivity contribution in [2.24, 2.45) is 0 Å². The number of nitrogens with zero attached hydrogens (tertiary/aromatic N) is 4. The van der Waals surface area contributed by atoms with E-state index in [-0.39, 0.29) is 0 Å². The number of aromatic nitrogens is 3. The fourth-order valence-electron chi connectivity index (χ4n) is 1.57. The van der Waals surface area contributed by atoms with Crippen LogP contribution in [0.2, 0.25) is 5.02 Å². The van der Waals surface area contributed by atoms with Gasteiger partial charge in [-0.3, -0.25) is 4.40 Å². The largest absolute Gasteiger partial charge is 0.282 e. The molecule has 3 aromatic rings. The van der Waals surface area contributed by atoms with Crippen molar-refractivity contribution in [2.75, 3.05) is 0 Å². The lowest BCUT2D eigenvalue weighted by Crippen LogP contribution is -1.88. The highest BCUT2D eigenvalue weighted by molar-refractivity contribution is 7.14. The van der Waals surface area contributed by atoms with Gasteiger partial charge in [0, 0.05) is 12.3 Å². The summed E-state index contributed by atoms with van der Waals surface area (Å²) in [5, 5.41) is 19.5. The summed E-state index contributed by atoms with van der Waals surface area (Å²) in [5.41, 5.74) is 1.21. The molecule has 0 saturated heterocycles. The van der Waals surface area contributed by atoms with Crippen molar-refractivity contribution in [1.82, 2.24) is 14.6 Å². The molecule has 82 valence electrons. The molecule has 0 aromatic carbocycles. The summed E-state index contributed by atoms with van der Waals surface area (Å²) < 4.78 is 1.82. The van der Waals surface area contributed by atoms with Crippen LogP contribution in [0.1, 0.15) is 5.56 Å². The minimum Gasteiger partial charge on any atom is -0.282 e. The number of halogens is 1. The van der Waals surface area contributed by atoms with E-state index < -0.39 is 0 Å². The Hall–Kier alpha value is -1.90. The first-order chi connectivity index (χ1) is 8.29. The van der Waals surface area contributed by atoms with Crippen molar-refractivity contribution in [3.8, 4) is 16.8 Å². The number of nitriles is 1. The van der Waals surface area contributed by atoms with Crippen molar-refractivity contribution >= 4 is 28.6 Å². The summed E-state index contributed by atoms with van der Waals surface area (Å²) in [6, 6.07) is 7.31. The second-order valence-electron chi connectivity index (χ2n) is 3.38. The first-order valence-electron chi connectivity index (χ1n) is 4.78. The average molecular weight is 261 g/mol. The van der Waals surface area contributed by atoms with Crippen LogP contribution in [-0.4, -0.2) is 14.6 Å². The lowest BCUT2D eigenvalue weighted by Gasteiger charge is -1.97. The summed E-state index contributed by atoms with van der Waals surface area (Å²) in [6.45, 7) is 0. The van der Waals surface area contributed by atoms with Gasteiger partial charge in [-0.2, -0.15) is 5.26 Å². The Morgan fingerprint density at radius 1 is 1.35 bits per heavy atom. The van der Waals surface area contributed by atoms with Crippen LogP contribution in [0, 0.1) is 11.3 Å². The highest BCUT2D eigenvalue weighted by Crippen LogP contribution is 2.32. The van der Waals surface area contributed by atoms with Crippen LogP contribution in [0.25, 0.3) is 16.3 Å². The van der Waals surface area contributed by atoms with Crippen molar-refractivity contribution in [3.05, 3.63) is 40.4 Å². The van der Waals surface area contributed by atoms with Crippen LogP contribution in [0.4, 0.5) is 0 Å². The Bertz CT molecular complexity index is 737. The van der Waals surface area contributed by atoms with Crippen LogP contribution in [0.5, 0.6) is 0 Å². The summed E-state index contributed by atoms with van der Waals surface area (Å²) in [5.74, 6) is 0.699. The second kappa shape index (κ2) is 3.84. The van der Waals surface area contributed by atoms with Crippen molar-refractivity contribution in [2.45, 2.75) is 0 Å². The van der Waals surface area contributed by atoms with Crippen molar-refractivity contribution in [3.63, 3.8) is 0 Å². The molecular formula is C11H5ClN4S. The highest BCUT2D eigenvalue weighted by Gasteiger charge is 2.12. The summed E-state index contributed by atoms with van der Waals surface area (Å²) in [6.07, 6.45) is 1.78. The maximum absolute atomic E-state index is 8.81. The van der Waals surface area contributed by atoms with Gasteiger partial charge in [-0.05, 0) is 17.5 Å². The molecule has 0 fully saturated rings. The van der Waals surface area contributed by atoms with Gasteiger partial charge < -0.3 is 0 Å². The average Bonchev–Trinajstić information content (AvgIpc) is 2.94. The van der Waals surface area contributed by atoms with Gasteiger partial charge in [0.05, 0.1) is 21.5 Å². The zero-order valence-corrected chi connectivity index (χ0v) is 10.0. The molecule has 6 heteroatoms. The van der Waals surface area contributed by atoms with Crippen LogP contribution in [0.3, 0.4) is 0 Å². The number of hydrogen-bond donors (Lipinski definition) is 0. The Kier molecular flexibility index (Phi) is 2.32. The molecular weight excluding hydrogens is 256 g/mol. The molecule has 3 rings (SSSR count). The van der Waals surface area contributed by atoms with E-state index in [4.69, 9.17) is 16.9 Å². The van der Waals surface area contributed by atoms with Crippen LogP contribution >= 0.6 is 22.9 Å². The SMILES string of the molecule is N#Cc1ccn2c(-c3sccc3Cl)nnc2c1. The highest BCUT2D eigenvalue weighted by atomic mass is 35.5. The van der Waals surface area contributed by atoms with Gasteiger partial charge in [-0.15, -0.1) is 21.5 Å². The summed E-state index contributed by atoms with van der Waals surface area (Å²) in [4.78, 5) is 0.879. The van der Waals surface area contributed by atoms with Gasteiger partial charge in [-0.25, -0.2) is 0 Å². The van der Waals surface area contributed by atoms with Crippen LogP contribution < -0.4 is 0 Å². The Morgan fingerprint density at radius 2 is 2.24 bits per heavy atom. The Labute approximate surface area is 106 Å². The molecule has 0 amide bonds. The van der Waals surface area contributed by atoms with E-state index in [0.717, 1.165) is 4.88 Å². The first kappa shape index (κ1) is 10.3. The lowest BCUT2D eigenvalue weighted by molar-refractivity contribution is 1.12. The molecule has 0 saturated carbocycles. The quantitative estimate of drug-likeness (QED) is 0.676. The summed E-state index contributed by atoms with van der Waals surface area (Å²) in [7, 11) is 0. The molecule has 3 aromatic heterocycles. The van der Waals surface area contributed by atoms with E-state index in [1.54, 1.807) is 18.3 Å². The normalized spacial score (nSPS) is 10.6. The number of rotatable bonds is 1. The van der Waals surface area contributed by atoms with E-state index in [9.17, 15) is 0 Å². The number of pyridine rings is 1. The molecule has 0 N–H and O–H groups in total. The molecule has 0 spiro atoms. The van der Waals surface area contributed by atoms with Gasteiger partial charge in [0.2, 0.25) is 0 Å². The topological polar surface area (TPSA) is 54.0 Å². The zero-order chi connectivity index (χ0) is 11.8. The number of fused-ring (bicyclic) bond motifs is 1. The minimum absolute atomic E-state index is 0.564. The molecule has 0 atom stereocenters. The second-order valence-corrected chi connectivity index (χ2v) is 4.70. The van der Waals surface area contributed by atoms with E-state index in [2.05, 4.69) is 16.3 Å². The molecule has 0 radical (unpaired) electrons. The fourth-order valence-corrected chi connectivity index (χ4v) is 2.69. The number of hydrogen-bond acceptors (Lipinski definition) is 4. The molecule has 17 heavy (non-hydrogen) atoms. The maximum atomic E-state index is 8.81. The van der Waals surface area contributed by atoms with Crippen molar-refractivity contribution in [1.29, 1.82) is 5.26 Å². The van der Waals surface area contributed by atoms with Gasteiger partial charge in [-0.1, -0.05) is 11.6 Å². The molecule has 0 aliphatic carbocycles. The fraction of sp³-hybridized carbons (Fsp3) is 0. The van der Waals surface area contributed by atoms with Crippen LogP contribution in [-0.2, 0) is 0 Å². The molecule has 0 unspecified atom stereocenters.